The van der Waals surface area contributed by atoms with Crippen LogP contribution in [0.2, 0.25) is 0 Å². The predicted octanol–water partition coefficient (Wildman–Crippen LogP) is -1.13. The molecule has 0 saturated carbocycles. The Hall–Kier alpha value is -2.98. The van der Waals surface area contributed by atoms with E-state index in [4.69, 9.17) is 11.5 Å². The van der Waals surface area contributed by atoms with Crippen molar-refractivity contribution in [1.82, 2.24) is 16.0 Å². The Balaban J connectivity index is 2.92. The van der Waals surface area contributed by atoms with Crippen LogP contribution in [-0.4, -0.2) is 59.5 Å². The molecule has 3 amide bonds. The molecule has 0 aliphatic carbocycles. The molecule has 0 spiro atoms. The molecule has 166 valence electrons. The third kappa shape index (κ3) is 8.58. The summed E-state index contributed by atoms with van der Waals surface area (Å²) in [6.07, 6.45) is 0.743. The predicted molar refractivity (Wildman–Crippen MR) is 111 cm³/mol. The number of amides is 3. The number of benzene rings is 1. The lowest BCUT2D eigenvalue weighted by Crippen LogP contribution is -2.56. The molecule has 0 radical (unpaired) electrons. The molecular weight excluding hydrogens is 390 g/mol. The van der Waals surface area contributed by atoms with Gasteiger partial charge < -0.3 is 32.5 Å². The molecule has 0 aromatic heterocycles. The number of carboxylic acids is 1. The SMILES string of the molecule is C[C@H](N)C(=O)N[C@@H](C)C(=O)N[C@@H](Cc1ccccc1)C(=O)N[C@@H](CCCN)C(=O)O. The lowest BCUT2D eigenvalue weighted by Gasteiger charge is -2.23. The summed E-state index contributed by atoms with van der Waals surface area (Å²) in [5, 5.41) is 16.8. The van der Waals surface area contributed by atoms with E-state index < -0.39 is 47.9 Å². The molecule has 0 saturated heterocycles. The van der Waals surface area contributed by atoms with Crippen molar-refractivity contribution in [3.63, 3.8) is 0 Å². The van der Waals surface area contributed by atoms with Gasteiger partial charge in [-0.05, 0) is 38.8 Å². The first-order chi connectivity index (χ1) is 14.1. The molecule has 0 aliphatic heterocycles. The molecule has 1 aromatic carbocycles. The molecule has 4 atom stereocenters. The van der Waals surface area contributed by atoms with Gasteiger partial charge >= 0.3 is 5.97 Å². The van der Waals surface area contributed by atoms with Gasteiger partial charge in [-0.15, -0.1) is 0 Å². The highest BCUT2D eigenvalue weighted by Gasteiger charge is 2.28. The van der Waals surface area contributed by atoms with Crippen LogP contribution in [0, 0.1) is 0 Å². The highest BCUT2D eigenvalue weighted by molar-refractivity contribution is 5.93. The number of nitrogens with two attached hydrogens (primary N) is 2. The zero-order chi connectivity index (χ0) is 22.7. The third-order valence-electron chi connectivity index (χ3n) is 4.39. The quantitative estimate of drug-likeness (QED) is 0.247. The molecule has 10 nitrogen and oxygen atoms in total. The first-order valence-corrected chi connectivity index (χ1v) is 9.79. The van der Waals surface area contributed by atoms with Gasteiger partial charge in [0.25, 0.3) is 0 Å². The maximum Gasteiger partial charge on any atom is 0.326 e. The van der Waals surface area contributed by atoms with E-state index in [2.05, 4.69) is 16.0 Å². The Morgan fingerprint density at radius 2 is 1.53 bits per heavy atom. The van der Waals surface area contributed by atoms with Crippen LogP contribution < -0.4 is 27.4 Å². The van der Waals surface area contributed by atoms with E-state index in [0.717, 1.165) is 5.56 Å². The highest BCUT2D eigenvalue weighted by atomic mass is 16.4. The second-order valence-corrected chi connectivity index (χ2v) is 7.10. The largest absolute Gasteiger partial charge is 0.480 e. The number of carbonyl (C=O) groups is 4. The minimum absolute atomic E-state index is 0.148. The fourth-order valence-electron chi connectivity index (χ4n) is 2.62. The number of hydrogen-bond acceptors (Lipinski definition) is 6. The van der Waals surface area contributed by atoms with Gasteiger partial charge in [0.15, 0.2) is 0 Å². The van der Waals surface area contributed by atoms with Gasteiger partial charge in [0.1, 0.15) is 18.1 Å². The second-order valence-electron chi connectivity index (χ2n) is 7.10. The molecule has 0 heterocycles. The lowest BCUT2D eigenvalue weighted by molar-refractivity contribution is -0.142. The van der Waals surface area contributed by atoms with Crippen LogP contribution in [0.15, 0.2) is 30.3 Å². The lowest BCUT2D eigenvalue weighted by atomic mass is 10.0. The molecule has 0 bridgehead atoms. The summed E-state index contributed by atoms with van der Waals surface area (Å²) in [5.41, 5.74) is 11.7. The van der Waals surface area contributed by atoms with Crippen LogP contribution in [-0.2, 0) is 25.6 Å². The molecule has 1 rings (SSSR count). The molecular formula is C20H31N5O5. The zero-order valence-electron chi connectivity index (χ0n) is 17.3. The van der Waals surface area contributed by atoms with Crippen LogP contribution in [0.5, 0.6) is 0 Å². The minimum atomic E-state index is -1.18. The summed E-state index contributed by atoms with van der Waals surface area (Å²) in [5.74, 6) is -2.91. The Morgan fingerprint density at radius 1 is 0.933 bits per heavy atom. The van der Waals surface area contributed by atoms with Crippen molar-refractivity contribution in [3.05, 3.63) is 35.9 Å². The number of aliphatic carboxylic acids is 1. The molecule has 0 unspecified atom stereocenters. The van der Waals surface area contributed by atoms with Gasteiger partial charge in [-0.1, -0.05) is 30.3 Å². The van der Waals surface area contributed by atoms with Crippen molar-refractivity contribution in [2.45, 2.75) is 57.3 Å². The van der Waals surface area contributed by atoms with E-state index in [1.165, 1.54) is 13.8 Å². The van der Waals surface area contributed by atoms with E-state index in [1.54, 1.807) is 24.3 Å². The van der Waals surface area contributed by atoms with Gasteiger partial charge in [-0.25, -0.2) is 4.79 Å². The normalized spacial score (nSPS) is 14.7. The van der Waals surface area contributed by atoms with Crippen molar-refractivity contribution >= 4 is 23.7 Å². The van der Waals surface area contributed by atoms with Gasteiger partial charge in [-0.3, -0.25) is 14.4 Å². The van der Waals surface area contributed by atoms with Crippen LogP contribution in [0.3, 0.4) is 0 Å². The summed E-state index contributed by atoms with van der Waals surface area (Å²) in [6, 6.07) is 5.10. The summed E-state index contributed by atoms with van der Waals surface area (Å²) in [4.78, 5) is 48.5. The minimum Gasteiger partial charge on any atom is -0.480 e. The van der Waals surface area contributed by atoms with E-state index in [-0.39, 0.29) is 12.8 Å². The first-order valence-electron chi connectivity index (χ1n) is 9.79. The molecule has 0 aliphatic rings. The highest BCUT2D eigenvalue weighted by Crippen LogP contribution is 2.06. The summed E-state index contributed by atoms with van der Waals surface area (Å²) >= 11 is 0. The number of carboxylic acid groups (broad SMARTS) is 1. The summed E-state index contributed by atoms with van der Waals surface area (Å²) < 4.78 is 0. The first kappa shape index (κ1) is 25.1. The summed E-state index contributed by atoms with van der Waals surface area (Å²) in [6.45, 7) is 3.24. The monoisotopic (exact) mass is 421 g/mol. The van der Waals surface area contributed by atoms with Crippen LogP contribution >= 0.6 is 0 Å². The maximum absolute atomic E-state index is 12.8. The number of nitrogens with one attached hydrogen (secondary N) is 3. The third-order valence-corrected chi connectivity index (χ3v) is 4.39. The Bertz CT molecular complexity index is 726. The van der Waals surface area contributed by atoms with Gasteiger partial charge in [0, 0.05) is 6.42 Å². The summed E-state index contributed by atoms with van der Waals surface area (Å²) in [7, 11) is 0. The Kier molecular flexibility index (Phi) is 10.5. The van der Waals surface area contributed by atoms with E-state index in [0.29, 0.717) is 13.0 Å². The van der Waals surface area contributed by atoms with Crippen molar-refractivity contribution < 1.29 is 24.3 Å². The van der Waals surface area contributed by atoms with E-state index in [9.17, 15) is 24.3 Å². The maximum atomic E-state index is 12.8. The van der Waals surface area contributed by atoms with Gasteiger partial charge in [0.2, 0.25) is 17.7 Å². The van der Waals surface area contributed by atoms with E-state index in [1.807, 2.05) is 6.07 Å². The Morgan fingerprint density at radius 3 is 2.07 bits per heavy atom. The Labute approximate surface area is 175 Å². The second kappa shape index (κ2) is 12.6. The smallest absolute Gasteiger partial charge is 0.326 e. The standard InChI is InChI=1S/C20H31N5O5/c1-12(22)17(26)23-13(2)18(27)25-16(11-14-7-4-3-5-8-14)19(28)24-15(20(29)30)9-6-10-21/h3-5,7-8,12-13,15-16H,6,9-11,21-22H2,1-2H3,(H,23,26)(H,24,28)(H,25,27)(H,29,30)/t12-,13-,15-,16-/m0/s1. The van der Waals surface area contributed by atoms with Crippen molar-refractivity contribution in [2.24, 2.45) is 11.5 Å². The molecule has 10 heteroatoms. The average Bonchev–Trinajstić information content (AvgIpc) is 2.70. The molecule has 30 heavy (non-hydrogen) atoms. The van der Waals surface area contributed by atoms with Gasteiger partial charge in [0.05, 0.1) is 6.04 Å². The van der Waals surface area contributed by atoms with Crippen molar-refractivity contribution in [1.29, 1.82) is 0 Å². The number of rotatable bonds is 12. The van der Waals surface area contributed by atoms with Crippen LogP contribution in [0.25, 0.3) is 0 Å². The van der Waals surface area contributed by atoms with Gasteiger partial charge in [-0.2, -0.15) is 0 Å². The van der Waals surface area contributed by atoms with E-state index >= 15 is 0 Å². The van der Waals surface area contributed by atoms with Crippen molar-refractivity contribution in [2.75, 3.05) is 6.54 Å². The van der Waals surface area contributed by atoms with Crippen LogP contribution in [0.1, 0.15) is 32.3 Å². The van der Waals surface area contributed by atoms with Crippen LogP contribution in [0.4, 0.5) is 0 Å². The number of carbonyl (C=O) groups excluding carboxylic acids is 3. The average molecular weight is 421 g/mol. The molecule has 0 fully saturated rings. The van der Waals surface area contributed by atoms with Crippen molar-refractivity contribution in [3.8, 4) is 0 Å². The molecule has 8 N–H and O–H groups in total. The molecule has 1 aromatic rings. The fraction of sp³-hybridized carbons (Fsp3) is 0.500. The number of hydrogen-bond donors (Lipinski definition) is 6. The zero-order valence-corrected chi connectivity index (χ0v) is 17.3. The fourth-order valence-corrected chi connectivity index (χ4v) is 2.62. The topological polar surface area (TPSA) is 177 Å².